The normalized spacial score (nSPS) is 43.1. The molecule has 0 bridgehead atoms. The lowest BCUT2D eigenvalue weighted by molar-refractivity contribution is -0.380. The van der Waals surface area contributed by atoms with E-state index < -0.39 is 23.6 Å². The van der Waals surface area contributed by atoms with Gasteiger partial charge in [0.2, 0.25) is 5.79 Å². The number of hydrogen-bond donors (Lipinski definition) is 3. The van der Waals surface area contributed by atoms with Gasteiger partial charge in [-0.15, -0.1) is 0 Å². The van der Waals surface area contributed by atoms with E-state index in [4.69, 9.17) is 9.47 Å². The summed E-state index contributed by atoms with van der Waals surface area (Å²) in [6, 6.07) is 7.40. The van der Waals surface area contributed by atoms with E-state index in [0.717, 1.165) is 5.56 Å². The van der Waals surface area contributed by atoms with Crippen LogP contribution in [0.25, 0.3) is 0 Å². The van der Waals surface area contributed by atoms with Crippen LogP contribution in [0.15, 0.2) is 24.3 Å². The van der Waals surface area contributed by atoms with Crippen LogP contribution in [-0.4, -0.2) is 39.7 Å². The highest BCUT2D eigenvalue weighted by molar-refractivity contribution is 5.37. The van der Waals surface area contributed by atoms with E-state index in [2.05, 4.69) is 0 Å². The Morgan fingerprint density at radius 1 is 1.22 bits per heavy atom. The Morgan fingerprint density at radius 3 is 2.72 bits per heavy atom. The van der Waals surface area contributed by atoms with E-state index in [-0.39, 0.29) is 6.61 Å². The van der Waals surface area contributed by atoms with Gasteiger partial charge in [0.25, 0.3) is 0 Å². The summed E-state index contributed by atoms with van der Waals surface area (Å²) in [5, 5.41) is 30.2. The van der Waals surface area contributed by atoms with Crippen LogP contribution in [0.3, 0.4) is 0 Å². The number of fused-ring (bicyclic) bond motifs is 2. The molecule has 1 aromatic rings. The van der Waals surface area contributed by atoms with E-state index >= 15 is 0 Å². The summed E-state index contributed by atoms with van der Waals surface area (Å²) in [4.78, 5) is 0. The summed E-state index contributed by atoms with van der Waals surface area (Å²) in [5.41, 5.74) is -0.0839. The summed E-state index contributed by atoms with van der Waals surface area (Å²) in [5.74, 6) is -1.40. The van der Waals surface area contributed by atoms with Crippen molar-refractivity contribution < 1.29 is 24.8 Å². The fraction of sp³-hybridized carbons (Fsp3) is 0.538. The maximum atomic E-state index is 10.6. The maximum absolute atomic E-state index is 10.6. The molecule has 0 radical (unpaired) electrons. The molecule has 18 heavy (non-hydrogen) atoms. The Morgan fingerprint density at radius 2 is 1.94 bits per heavy atom. The summed E-state index contributed by atoms with van der Waals surface area (Å²) in [6.07, 6.45) is -2.45. The van der Waals surface area contributed by atoms with E-state index in [1.165, 1.54) is 6.92 Å². The Hall–Kier alpha value is -0.980. The fourth-order valence-corrected chi connectivity index (χ4v) is 2.77. The number of aliphatic hydroxyl groups is 3. The molecule has 0 saturated carbocycles. The predicted molar refractivity (Wildman–Crippen MR) is 61.5 cm³/mol. The fourth-order valence-electron chi connectivity index (χ4n) is 2.77. The molecule has 2 aliphatic heterocycles. The molecule has 3 N–H and O–H groups in total. The highest BCUT2D eigenvalue weighted by Crippen LogP contribution is 2.49. The van der Waals surface area contributed by atoms with Crippen molar-refractivity contribution in [1.82, 2.24) is 0 Å². The van der Waals surface area contributed by atoms with Crippen molar-refractivity contribution in [3.05, 3.63) is 35.4 Å². The van der Waals surface area contributed by atoms with Crippen LogP contribution < -0.4 is 0 Å². The Balaban J connectivity index is 2.12. The molecule has 0 amide bonds. The van der Waals surface area contributed by atoms with Crippen LogP contribution in [0.2, 0.25) is 0 Å². The van der Waals surface area contributed by atoms with E-state index in [9.17, 15) is 15.3 Å². The monoisotopic (exact) mass is 252 g/mol. The zero-order valence-corrected chi connectivity index (χ0v) is 10.0. The second-order valence-corrected chi connectivity index (χ2v) is 5.03. The lowest BCUT2D eigenvalue weighted by Crippen LogP contribution is -2.66. The first kappa shape index (κ1) is 12.1. The third-order valence-electron chi connectivity index (χ3n) is 3.87. The standard InChI is InChI=1S/C13H16O5/c1-12(16)11(15)10(14)7-18-13(12)9-5-3-2-4-8(9)6-17-13/h2-5,10-11,14-16H,6-7H2,1H3. The lowest BCUT2D eigenvalue weighted by atomic mass is 9.79. The van der Waals surface area contributed by atoms with Gasteiger partial charge in [-0.1, -0.05) is 24.3 Å². The van der Waals surface area contributed by atoms with Gasteiger partial charge in [-0.2, -0.15) is 0 Å². The Bertz CT molecular complexity index is 472. The SMILES string of the molecule is CC1(O)C(O)C(O)COC12OCc1ccccc12. The zero-order chi connectivity index (χ0) is 13.0. The Labute approximate surface area is 105 Å². The van der Waals surface area contributed by atoms with Crippen molar-refractivity contribution in [2.45, 2.75) is 37.1 Å². The molecule has 5 heteroatoms. The van der Waals surface area contributed by atoms with Crippen molar-refractivity contribution >= 4 is 0 Å². The minimum Gasteiger partial charge on any atom is -0.388 e. The molecule has 1 fully saturated rings. The van der Waals surface area contributed by atoms with Gasteiger partial charge in [0.1, 0.15) is 17.8 Å². The summed E-state index contributed by atoms with van der Waals surface area (Å²) in [6.45, 7) is 1.66. The van der Waals surface area contributed by atoms with Gasteiger partial charge in [-0.25, -0.2) is 0 Å². The van der Waals surface area contributed by atoms with Crippen LogP contribution in [0.5, 0.6) is 0 Å². The number of hydrogen-bond acceptors (Lipinski definition) is 5. The second-order valence-electron chi connectivity index (χ2n) is 5.03. The first-order chi connectivity index (χ1) is 8.49. The summed E-state index contributed by atoms with van der Waals surface area (Å²) >= 11 is 0. The molecule has 4 atom stereocenters. The topological polar surface area (TPSA) is 79.2 Å². The van der Waals surface area contributed by atoms with Crippen molar-refractivity contribution in [3.63, 3.8) is 0 Å². The summed E-state index contributed by atoms with van der Waals surface area (Å²) < 4.78 is 11.2. The van der Waals surface area contributed by atoms with Crippen LogP contribution in [0.1, 0.15) is 18.1 Å². The molecule has 1 saturated heterocycles. The predicted octanol–water partition coefficient (Wildman–Crippen LogP) is -0.127. The van der Waals surface area contributed by atoms with Crippen molar-refractivity contribution in [3.8, 4) is 0 Å². The molecule has 0 aromatic heterocycles. The largest absolute Gasteiger partial charge is 0.388 e. The molecule has 1 aromatic carbocycles. The number of aliphatic hydroxyl groups excluding tert-OH is 2. The van der Waals surface area contributed by atoms with Crippen LogP contribution in [0.4, 0.5) is 0 Å². The van der Waals surface area contributed by atoms with Gasteiger partial charge in [-0.05, 0) is 12.5 Å². The maximum Gasteiger partial charge on any atom is 0.227 e. The molecule has 0 aliphatic carbocycles. The first-order valence-corrected chi connectivity index (χ1v) is 5.94. The third-order valence-corrected chi connectivity index (χ3v) is 3.87. The molecule has 98 valence electrons. The van der Waals surface area contributed by atoms with Gasteiger partial charge in [0.15, 0.2) is 0 Å². The molecule has 4 unspecified atom stereocenters. The smallest absolute Gasteiger partial charge is 0.227 e. The minimum absolute atomic E-state index is 0.0777. The molecule has 3 rings (SSSR count). The zero-order valence-electron chi connectivity index (χ0n) is 10.0. The van der Waals surface area contributed by atoms with E-state index in [0.29, 0.717) is 12.2 Å². The van der Waals surface area contributed by atoms with Crippen molar-refractivity contribution in [1.29, 1.82) is 0 Å². The first-order valence-electron chi connectivity index (χ1n) is 5.94. The van der Waals surface area contributed by atoms with Crippen LogP contribution >= 0.6 is 0 Å². The van der Waals surface area contributed by atoms with Crippen molar-refractivity contribution in [2.24, 2.45) is 0 Å². The number of benzene rings is 1. The van der Waals surface area contributed by atoms with Gasteiger partial charge < -0.3 is 24.8 Å². The molecule has 1 spiro atoms. The van der Waals surface area contributed by atoms with Gasteiger partial charge >= 0.3 is 0 Å². The van der Waals surface area contributed by atoms with Gasteiger partial charge in [-0.3, -0.25) is 0 Å². The average Bonchev–Trinajstić information content (AvgIpc) is 2.74. The minimum atomic E-state index is -1.71. The van der Waals surface area contributed by atoms with E-state index in [1.54, 1.807) is 6.07 Å². The van der Waals surface area contributed by atoms with Gasteiger partial charge in [0, 0.05) is 5.56 Å². The molecule has 2 aliphatic rings. The lowest BCUT2D eigenvalue weighted by Gasteiger charge is -2.49. The highest BCUT2D eigenvalue weighted by Gasteiger charge is 2.62. The highest BCUT2D eigenvalue weighted by atomic mass is 16.7. The van der Waals surface area contributed by atoms with E-state index in [1.807, 2.05) is 18.2 Å². The summed E-state index contributed by atoms with van der Waals surface area (Å²) in [7, 11) is 0. The third kappa shape index (κ3) is 1.34. The quantitative estimate of drug-likeness (QED) is 0.599. The molecular weight excluding hydrogens is 236 g/mol. The molecule has 5 nitrogen and oxygen atoms in total. The molecule has 2 heterocycles. The van der Waals surface area contributed by atoms with Crippen LogP contribution in [-0.2, 0) is 21.9 Å². The molecular formula is C13H16O5. The number of rotatable bonds is 0. The van der Waals surface area contributed by atoms with Crippen molar-refractivity contribution in [2.75, 3.05) is 6.61 Å². The van der Waals surface area contributed by atoms with Crippen LogP contribution in [0, 0.1) is 0 Å². The number of ether oxygens (including phenoxy) is 2. The second kappa shape index (κ2) is 3.76. The van der Waals surface area contributed by atoms with Gasteiger partial charge in [0.05, 0.1) is 13.2 Å². The Kier molecular flexibility index (Phi) is 2.52. The average molecular weight is 252 g/mol.